The van der Waals surface area contributed by atoms with E-state index < -0.39 is 5.82 Å². The summed E-state index contributed by atoms with van der Waals surface area (Å²) in [7, 11) is 0. The zero-order chi connectivity index (χ0) is 11.0. The standard InChI is InChI=1S/C12H13FO2/c1-7-10(13)5-9(6-11(7)14)12(15)4-8-2-3-8/h5-6,8,14H,2-4H2,1H3. The van der Waals surface area contributed by atoms with Gasteiger partial charge >= 0.3 is 0 Å². The van der Waals surface area contributed by atoms with Crippen LogP contribution in [-0.4, -0.2) is 10.9 Å². The summed E-state index contributed by atoms with van der Waals surface area (Å²) in [5, 5.41) is 9.39. The Balaban J connectivity index is 2.23. The lowest BCUT2D eigenvalue weighted by atomic mass is 10.0. The Morgan fingerprint density at radius 3 is 2.73 bits per heavy atom. The first kappa shape index (κ1) is 10.1. The summed E-state index contributed by atoms with van der Waals surface area (Å²) < 4.78 is 13.2. The first-order valence-corrected chi connectivity index (χ1v) is 5.10. The number of halogens is 1. The zero-order valence-corrected chi connectivity index (χ0v) is 8.59. The summed E-state index contributed by atoms with van der Waals surface area (Å²) in [4.78, 5) is 11.6. The van der Waals surface area contributed by atoms with Crippen LogP contribution in [0.25, 0.3) is 0 Å². The van der Waals surface area contributed by atoms with Gasteiger partial charge in [-0.25, -0.2) is 4.39 Å². The molecule has 2 nitrogen and oxygen atoms in total. The van der Waals surface area contributed by atoms with Crippen molar-refractivity contribution >= 4 is 5.78 Å². The monoisotopic (exact) mass is 208 g/mol. The van der Waals surface area contributed by atoms with Gasteiger partial charge in [-0.2, -0.15) is 0 Å². The molecule has 15 heavy (non-hydrogen) atoms. The van der Waals surface area contributed by atoms with Crippen molar-refractivity contribution in [3.05, 3.63) is 29.1 Å². The highest BCUT2D eigenvalue weighted by Gasteiger charge is 2.25. The first-order chi connectivity index (χ1) is 7.08. The number of carbonyl (C=O) groups excluding carboxylic acids is 1. The van der Waals surface area contributed by atoms with E-state index in [-0.39, 0.29) is 22.7 Å². The molecule has 0 radical (unpaired) electrons. The van der Waals surface area contributed by atoms with Crippen molar-refractivity contribution in [2.75, 3.05) is 0 Å². The quantitative estimate of drug-likeness (QED) is 0.775. The van der Waals surface area contributed by atoms with Gasteiger partial charge in [0.25, 0.3) is 0 Å². The predicted molar refractivity (Wildman–Crippen MR) is 54.5 cm³/mol. The maximum Gasteiger partial charge on any atom is 0.163 e. The lowest BCUT2D eigenvalue weighted by Crippen LogP contribution is -2.01. The van der Waals surface area contributed by atoms with Crippen molar-refractivity contribution in [1.82, 2.24) is 0 Å². The highest BCUT2D eigenvalue weighted by Crippen LogP contribution is 2.34. The molecule has 0 unspecified atom stereocenters. The maximum atomic E-state index is 13.2. The number of hydrogen-bond donors (Lipinski definition) is 1. The third kappa shape index (κ3) is 2.17. The van der Waals surface area contributed by atoms with Gasteiger partial charge in [-0.3, -0.25) is 4.79 Å². The third-order valence-electron chi connectivity index (χ3n) is 2.81. The second-order valence-electron chi connectivity index (χ2n) is 4.17. The number of hydrogen-bond acceptors (Lipinski definition) is 2. The second kappa shape index (κ2) is 3.65. The summed E-state index contributed by atoms with van der Waals surface area (Å²) >= 11 is 0. The second-order valence-corrected chi connectivity index (χ2v) is 4.17. The van der Waals surface area contributed by atoms with Crippen LogP contribution < -0.4 is 0 Å². The van der Waals surface area contributed by atoms with E-state index in [4.69, 9.17) is 0 Å². The lowest BCUT2D eigenvalue weighted by Gasteiger charge is -2.04. The Bertz CT molecular complexity index is 385. The van der Waals surface area contributed by atoms with E-state index in [1.54, 1.807) is 0 Å². The Kier molecular flexibility index (Phi) is 2.47. The summed E-state index contributed by atoms with van der Waals surface area (Å²) in [5.41, 5.74) is 0.473. The largest absolute Gasteiger partial charge is 0.508 e. The molecular formula is C12H13FO2. The van der Waals surface area contributed by atoms with Gasteiger partial charge in [-0.15, -0.1) is 0 Å². The molecule has 1 aliphatic rings. The first-order valence-electron chi connectivity index (χ1n) is 5.10. The van der Waals surface area contributed by atoms with Gasteiger partial charge in [0, 0.05) is 17.5 Å². The van der Waals surface area contributed by atoms with Crippen LogP contribution in [0.3, 0.4) is 0 Å². The Hall–Kier alpha value is -1.38. The fourth-order valence-corrected chi connectivity index (χ4v) is 1.53. The minimum atomic E-state index is -0.519. The Morgan fingerprint density at radius 1 is 1.53 bits per heavy atom. The number of carbonyl (C=O) groups is 1. The van der Waals surface area contributed by atoms with Crippen molar-refractivity contribution in [1.29, 1.82) is 0 Å². The number of Topliss-reactive ketones (excluding diaryl/α,β-unsaturated/α-hetero) is 1. The summed E-state index contributed by atoms with van der Waals surface area (Å²) in [6.07, 6.45) is 2.65. The molecule has 0 saturated heterocycles. The van der Waals surface area contributed by atoms with E-state index >= 15 is 0 Å². The van der Waals surface area contributed by atoms with Gasteiger partial charge in [0.05, 0.1) is 0 Å². The fraction of sp³-hybridized carbons (Fsp3) is 0.417. The van der Waals surface area contributed by atoms with Crippen LogP contribution in [0.4, 0.5) is 4.39 Å². The van der Waals surface area contributed by atoms with Crippen molar-refractivity contribution in [3.8, 4) is 5.75 Å². The SMILES string of the molecule is Cc1c(O)cc(C(=O)CC2CC2)cc1F. The molecule has 1 aromatic carbocycles. The van der Waals surface area contributed by atoms with Gasteiger partial charge in [0.1, 0.15) is 11.6 Å². The van der Waals surface area contributed by atoms with Crippen LogP contribution in [0.15, 0.2) is 12.1 Å². The molecule has 0 heterocycles. The average molecular weight is 208 g/mol. The summed E-state index contributed by atoms with van der Waals surface area (Å²) in [6.45, 7) is 1.49. The topological polar surface area (TPSA) is 37.3 Å². The van der Waals surface area contributed by atoms with Crippen LogP contribution in [0.5, 0.6) is 5.75 Å². The molecule has 1 saturated carbocycles. The van der Waals surface area contributed by atoms with Gasteiger partial charge in [-0.05, 0) is 37.8 Å². The number of ketones is 1. The molecule has 0 aliphatic heterocycles. The number of benzene rings is 1. The Morgan fingerprint density at radius 2 is 2.20 bits per heavy atom. The smallest absolute Gasteiger partial charge is 0.163 e. The van der Waals surface area contributed by atoms with Crippen LogP contribution in [0, 0.1) is 18.7 Å². The summed E-state index contributed by atoms with van der Waals surface area (Å²) in [5.74, 6) is -0.265. The highest BCUT2D eigenvalue weighted by atomic mass is 19.1. The molecule has 0 bridgehead atoms. The average Bonchev–Trinajstić information content (AvgIpc) is 2.97. The molecule has 3 heteroatoms. The minimum Gasteiger partial charge on any atom is -0.508 e. The van der Waals surface area contributed by atoms with Crippen molar-refractivity contribution in [2.24, 2.45) is 5.92 Å². The van der Waals surface area contributed by atoms with Crippen LogP contribution >= 0.6 is 0 Å². The van der Waals surface area contributed by atoms with Crippen molar-refractivity contribution in [3.63, 3.8) is 0 Å². The molecule has 0 atom stereocenters. The van der Waals surface area contributed by atoms with E-state index in [2.05, 4.69) is 0 Å². The van der Waals surface area contributed by atoms with E-state index in [0.717, 1.165) is 12.8 Å². The van der Waals surface area contributed by atoms with E-state index in [0.29, 0.717) is 12.3 Å². The molecule has 80 valence electrons. The van der Waals surface area contributed by atoms with Crippen LogP contribution in [0.1, 0.15) is 35.2 Å². The minimum absolute atomic E-state index is 0.0771. The van der Waals surface area contributed by atoms with Gasteiger partial charge in [0.2, 0.25) is 0 Å². The van der Waals surface area contributed by atoms with Crippen molar-refractivity contribution < 1.29 is 14.3 Å². The number of phenolic OH excluding ortho intramolecular Hbond substituents is 1. The molecule has 1 aliphatic carbocycles. The van der Waals surface area contributed by atoms with Crippen molar-refractivity contribution in [2.45, 2.75) is 26.2 Å². The van der Waals surface area contributed by atoms with Crippen LogP contribution in [0.2, 0.25) is 0 Å². The van der Waals surface area contributed by atoms with Gasteiger partial charge < -0.3 is 5.11 Å². The molecular weight excluding hydrogens is 195 g/mol. The molecule has 1 aromatic rings. The predicted octanol–water partition coefficient (Wildman–Crippen LogP) is 2.82. The lowest BCUT2D eigenvalue weighted by molar-refractivity contribution is 0.0975. The Labute approximate surface area is 87.7 Å². The number of phenols is 1. The molecule has 0 spiro atoms. The molecule has 0 aromatic heterocycles. The third-order valence-corrected chi connectivity index (χ3v) is 2.81. The number of rotatable bonds is 3. The molecule has 1 fully saturated rings. The summed E-state index contributed by atoms with van der Waals surface area (Å²) in [6, 6.07) is 2.56. The number of aromatic hydroxyl groups is 1. The van der Waals surface area contributed by atoms with E-state index in [1.165, 1.54) is 19.1 Å². The highest BCUT2D eigenvalue weighted by molar-refractivity contribution is 5.96. The van der Waals surface area contributed by atoms with Gasteiger partial charge in [-0.1, -0.05) is 0 Å². The fourth-order valence-electron chi connectivity index (χ4n) is 1.53. The maximum absolute atomic E-state index is 13.2. The van der Waals surface area contributed by atoms with E-state index in [9.17, 15) is 14.3 Å². The zero-order valence-electron chi connectivity index (χ0n) is 8.59. The molecule has 1 N–H and O–H groups in total. The van der Waals surface area contributed by atoms with Crippen LogP contribution in [-0.2, 0) is 0 Å². The normalized spacial score (nSPS) is 15.3. The molecule has 2 rings (SSSR count). The van der Waals surface area contributed by atoms with E-state index in [1.807, 2.05) is 0 Å². The van der Waals surface area contributed by atoms with Gasteiger partial charge in [0.15, 0.2) is 5.78 Å². The molecule has 0 amide bonds.